The average Bonchev–Trinajstić information content (AvgIpc) is 3.15. The van der Waals surface area contributed by atoms with Crippen molar-refractivity contribution in [1.29, 1.82) is 0 Å². The molecule has 1 N–H and O–H groups in total. The molecule has 0 unspecified atom stereocenters. The van der Waals surface area contributed by atoms with Crippen LogP contribution < -0.4 is 0 Å². The summed E-state index contributed by atoms with van der Waals surface area (Å²) in [4.78, 5) is 38.7. The van der Waals surface area contributed by atoms with Gasteiger partial charge >= 0.3 is 5.97 Å². The van der Waals surface area contributed by atoms with E-state index in [0.29, 0.717) is 38.9 Å². The predicted molar refractivity (Wildman–Crippen MR) is 107 cm³/mol. The van der Waals surface area contributed by atoms with Crippen molar-refractivity contribution in [3.63, 3.8) is 0 Å². The summed E-state index contributed by atoms with van der Waals surface area (Å²) >= 11 is 0. The summed E-state index contributed by atoms with van der Waals surface area (Å²) in [6.45, 7) is 1.83. The Morgan fingerprint density at radius 1 is 1.14 bits per heavy atom. The Morgan fingerprint density at radius 3 is 2.64 bits per heavy atom. The van der Waals surface area contributed by atoms with E-state index >= 15 is 0 Å². The van der Waals surface area contributed by atoms with Gasteiger partial charge in [0.15, 0.2) is 0 Å². The molecule has 2 aromatic rings. The average molecular weight is 382 g/mol. The number of fused-ring (bicyclic) bond motifs is 1. The standard InChI is InChI=1S/C22H26N2O4/c1-23(15-16-10-11-17-6-2-3-7-18(17)14-16)20(25)9-5-13-24-12-4-8-19(24)21(26)22(27)28/h2-3,6-7,10-11,14,19H,4-5,8-9,12-13,15H2,1H3,(H,27,28)/t19-/m0/s1. The lowest BCUT2D eigenvalue weighted by Gasteiger charge is -2.22. The molecule has 28 heavy (non-hydrogen) atoms. The Morgan fingerprint density at radius 2 is 1.89 bits per heavy atom. The van der Waals surface area contributed by atoms with Crippen LogP contribution in [0.4, 0.5) is 0 Å². The number of hydrogen-bond donors (Lipinski definition) is 1. The molecule has 1 heterocycles. The molecule has 0 spiro atoms. The Balaban J connectivity index is 1.48. The fourth-order valence-corrected chi connectivity index (χ4v) is 3.86. The van der Waals surface area contributed by atoms with Crippen molar-refractivity contribution in [3.05, 3.63) is 48.0 Å². The minimum atomic E-state index is -1.37. The van der Waals surface area contributed by atoms with Gasteiger partial charge in [0, 0.05) is 20.0 Å². The number of carbonyl (C=O) groups is 3. The fraction of sp³-hybridized carbons (Fsp3) is 0.409. The number of Topliss-reactive ketones (excluding diaryl/α,β-unsaturated/α-hetero) is 1. The molecule has 2 aromatic carbocycles. The van der Waals surface area contributed by atoms with Crippen molar-refractivity contribution in [2.75, 3.05) is 20.1 Å². The van der Waals surface area contributed by atoms with Crippen LogP contribution in [0, 0.1) is 0 Å². The second-order valence-electron chi connectivity index (χ2n) is 7.40. The lowest BCUT2D eigenvalue weighted by atomic mass is 10.1. The van der Waals surface area contributed by atoms with Gasteiger partial charge < -0.3 is 10.0 Å². The number of carboxylic acids is 1. The maximum Gasteiger partial charge on any atom is 0.373 e. The van der Waals surface area contributed by atoms with Crippen molar-refractivity contribution in [1.82, 2.24) is 9.80 Å². The van der Waals surface area contributed by atoms with Gasteiger partial charge in [-0.3, -0.25) is 14.5 Å². The predicted octanol–water partition coefficient (Wildman–Crippen LogP) is 2.70. The molecule has 1 amide bonds. The van der Waals surface area contributed by atoms with Gasteiger partial charge in [-0.15, -0.1) is 0 Å². The number of rotatable bonds is 8. The summed E-state index contributed by atoms with van der Waals surface area (Å²) in [5, 5.41) is 11.2. The molecular weight excluding hydrogens is 356 g/mol. The van der Waals surface area contributed by atoms with Gasteiger partial charge in [-0.05, 0) is 54.8 Å². The number of carboxylic acid groups (broad SMARTS) is 1. The van der Waals surface area contributed by atoms with Crippen molar-refractivity contribution < 1.29 is 19.5 Å². The molecule has 0 aliphatic carbocycles. The van der Waals surface area contributed by atoms with E-state index in [4.69, 9.17) is 5.11 Å². The highest BCUT2D eigenvalue weighted by Gasteiger charge is 2.33. The molecule has 1 aliphatic heterocycles. The molecule has 1 aliphatic rings. The highest BCUT2D eigenvalue weighted by molar-refractivity contribution is 6.34. The van der Waals surface area contributed by atoms with Crippen LogP contribution in [0.2, 0.25) is 0 Å². The summed E-state index contributed by atoms with van der Waals surface area (Å²) in [6.07, 6.45) is 2.40. The number of ketones is 1. The van der Waals surface area contributed by atoms with Crippen LogP contribution >= 0.6 is 0 Å². The van der Waals surface area contributed by atoms with Gasteiger partial charge in [0.05, 0.1) is 6.04 Å². The largest absolute Gasteiger partial charge is 0.475 e. The first-order valence-electron chi connectivity index (χ1n) is 9.68. The molecule has 1 fully saturated rings. The summed E-state index contributed by atoms with van der Waals surface area (Å²) in [7, 11) is 1.80. The highest BCUT2D eigenvalue weighted by atomic mass is 16.4. The molecule has 0 radical (unpaired) electrons. The van der Waals surface area contributed by atoms with Crippen LogP contribution in [0.15, 0.2) is 42.5 Å². The van der Waals surface area contributed by atoms with E-state index in [1.54, 1.807) is 11.9 Å². The lowest BCUT2D eigenvalue weighted by Crippen LogP contribution is -2.40. The molecule has 0 bridgehead atoms. The van der Waals surface area contributed by atoms with Gasteiger partial charge in [-0.2, -0.15) is 0 Å². The number of hydrogen-bond acceptors (Lipinski definition) is 4. The summed E-state index contributed by atoms with van der Waals surface area (Å²) in [6, 6.07) is 13.8. The zero-order valence-electron chi connectivity index (χ0n) is 16.1. The molecule has 0 saturated carbocycles. The SMILES string of the molecule is CN(Cc1ccc2ccccc2c1)C(=O)CCCN1CCC[C@H]1C(=O)C(=O)O. The Kier molecular flexibility index (Phi) is 6.41. The Hall–Kier alpha value is -2.73. The first-order chi connectivity index (χ1) is 13.5. The van der Waals surface area contributed by atoms with Crippen molar-refractivity contribution in [3.8, 4) is 0 Å². The van der Waals surface area contributed by atoms with Crippen LogP contribution in [0.1, 0.15) is 31.2 Å². The molecule has 148 valence electrons. The van der Waals surface area contributed by atoms with Crippen LogP contribution in [-0.4, -0.2) is 58.7 Å². The van der Waals surface area contributed by atoms with Gasteiger partial charge in [0.25, 0.3) is 5.78 Å². The number of aliphatic carboxylic acids is 1. The summed E-state index contributed by atoms with van der Waals surface area (Å²) < 4.78 is 0. The maximum absolute atomic E-state index is 12.5. The van der Waals surface area contributed by atoms with E-state index < -0.39 is 17.8 Å². The fourth-order valence-electron chi connectivity index (χ4n) is 3.86. The first kappa shape index (κ1) is 20.0. The maximum atomic E-state index is 12.5. The van der Waals surface area contributed by atoms with Crippen LogP contribution in [0.5, 0.6) is 0 Å². The van der Waals surface area contributed by atoms with Gasteiger partial charge in [-0.1, -0.05) is 36.4 Å². The Bertz CT molecular complexity index is 880. The summed E-state index contributed by atoms with van der Waals surface area (Å²) in [5.74, 6) is -2.06. The van der Waals surface area contributed by atoms with Gasteiger partial charge in [0.1, 0.15) is 0 Å². The molecule has 0 aromatic heterocycles. The molecular formula is C22H26N2O4. The highest BCUT2D eigenvalue weighted by Crippen LogP contribution is 2.19. The second kappa shape index (κ2) is 8.97. The smallest absolute Gasteiger partial charge is 0.373 e. The summed E-state index contributed by atoms with van der Waals surface area (Å²) in [5.41, 5.74) is 1.08. The molecule has 1 saturated heterocycles. The minimum absolute atomic E-state index is 0.0495. The molecule has 3 rings (SSSR count). The lowest BCUT2D eigenvalue weighted by molar-refractivity contribution is -0.151. The third-order valence-electron chi connectivity index (χ3n) is 5.37. The van der Waals surface area contributed by atoms with Gasteiger partial charge in [-0.25, -0.2) is 4.79 Å². The number of benzene rings is 2. The van der Waals surface area contributed by atoms with Crippen molar-refractivity contribution >= 4 is 28.4 Å². The zero-order chi connectivity index (χ0) is 20.1. The third-order valence-corrected chi connectivity index (χ3v) is 5.37. The van der Waals surface area contributed by atoms with E-state index in [-0.39, 0.29) is 5.91 Å². The van der Waals surface area contributed by atoms with E-state index in [1.807, 2.05) is 23.1 Å². The number of likely N-dealkylation sites (tertiary alicyclic amines) is 1. The van der Waals surface area contributed by atoms with Crippen molar-refractivity contribution in [2.24, 2.45) is 0 Å². The van der Waals surface area contributed by atoms with Crippen LogP contribution in [0.25, 0.3) is 10.8 Å². The van der Waals surface area contributed by atoms with Crippen molar-refractivity contribution in [2.45, 2.75) is 38.3 Å². The normalized spacial score (nSPS) is 17.0. The Labute approximate surface area is 164 Å². The van der Waals surface area contributed by atoms with Crippen LogP contribution in [0.3, 0.4) is 0 Å². The van der Waals surface area contributed by atoms with E-state index in [2.05, 4.69) is 24.3 Å². The minimum Gasteiger partial charge on any atom is -0.475 e. The van der Waals surface area contributed by atoms with E-state index in [9.17, 15) is 14.4 Å². The molecule has 6 nitrogen and oxygen atoms in total. The van der Waals surface area contributed by atoms with Gasteiger partial charge in [0.2, 0.25) is 5.91 Å². The molecule has 1 atom stereocenters. The van der Waals surface area contributed by atoms with E-state index in [0.717, 1.165) is 17.4 Å². The zero-order valence-corrected chi connectivity index (χ0v) is 16.1. The molecule has 6 heteroatoms. The second-order valence-corrected chi connectivity index (χ2v) is 7.40. The third kappa shape index (κ3) is 4.75. The number of carbonyl (C=O) groups excluding carboxylic acids is 2. The number of nitrogens with zero attached hydrogens (tertiary/aromatic N) is 2. The topological polar surface area (TPSA) is 77.9 Å². The monoisotopic (exact) mass is 382 g/mol. The van der Waals surface area contributed by atoms with E-state index in [1.165, 1.54) is 5.39 Å². The van der Waals surface area contributed by atoms with Crippen LogP contribution in [-0.2, 0) is 20.9 Å². The first-order valence-corrected chi connectivity index (χ1v) is 9.68. The number of amides is 1. The quantitative estimate of drug-likeness (QED) is 0.710.